The van der Waals surface area contributed by atoms with Crippen molar-refractivity contribution < 1.29 is 4.79 Å². The molecule has 1 aliphatic rings. The van der Waals surface area contributed by atoms with E-state index in [4.69, 9.17) is 0 Å². The largest absolute Gasteiger partial charge is 0.320 e. The SMILES string of the molecule is CCC1(C)NC(c2cccs2)N(CCCCN(C)C)C1=O. The fourth-order valence-corrected chi connectivity index (χ4v) is 3.53. The highest BCUT2D eigenvalue weighted by Gasteiger charge is 2.47. The van der Waals surface area contributed by atoms with Crippen molar-refractivity contribution >= 4 is 17.2 Å². The fraction of sp³-hybridized carbons (Fsp3) is 0.688. The van der Waals surface area contributed by atoms with Gasteiger partial charge in [0, 0.05) is 11.4 Å². The number of carbonyl (C=O) groups is 1. The van der Waals surface area contributed by atoms with Crippen LogP contribution in [0.3, 0.4) is 0 Å². The summed E-state index contributed by atoms with van der Waals surface area (Å²) in [6.45, 7) is 6.00. The molecule has 0 saturated carbocycles. The van der Waals surface area contributed by atoms with Crippen molar-refractivity contribution in [1.29, 1.82) is 0 Å². The van der Waals surface area contributed by atoms with E-state index in [0.717, 1.165) is 32.4 Å². The quantitative estimate of drug-likeness (QED) is 0.787. The first-order valence-corrected chi connectivity index (χ1v) is 8.63. The monoisotopic (exact) mass is 309 g/mol. The molecule has 2 atom stereocenters. The van der Waals surface area contributed by atoms with Crippen molar-refractivity contribution in [2.24, 2.45) is 0 Å². The maximum absolute atomic E-state index is 12.7. The van der Waals surface area contributed by atoms with Crippen molar-refractivity contribution in [2.75, 3.05) is 27.2 Å². The number of thiophene rings is 1. The van der Waals surface area contributed by atoms with Crippen molar-refractivity contribution in [3.8, 4) is 0 Å². The Morgan fingerprint density at radius 2 is 2.19 bits per heavy atom. The number of hydrogen-bond acceptors (Lipinski definition) is 4. The average molecular weight is 309 g/mol. The van der Waals surface area contributed by atoms with E-state index < -0.39 is 5.54 Å². The molecule has 21 heavy (non-hydrogen) atoms. The van der Waals surface area contributed by atoms with Crippen molar-refractivity contribution in [1.82, 2.24) is 15.1 Å². The zero-order valence-electron chi connectivity index (χ0n) is 13.6. The summed E-state index contributed by atoms with van der Waals surface area (Å²) in [4.78, 5) is 18.2. The van der Waals surface area contributed by atoms with Crippen LogP contribution in [0.1, 0.15) is 44.2 Å². The van der Waals surface area contributed by atoms with Crippen LogP contribution in [0.2, 0.25) is 0 Å². The zero-order chi connectivity index (χ0) is 15.5. The molecule has 1 saturated heterocycles. The minimum Gasteiger partial charge on any atom is -0.320 e. The van der Waals surface area contributed by atoms with Crippen LogP contribution in [0, 0.1) is 0 Å². The van der Waals surface area contributed by atoms with E-state index in [9.17, 15) is 4.79 Å². The lowest BCUT2D eigenvalue weighted by molar-refractivity contribution is -0.133. The molecular weight excluding hydrogens is 282 g/mol. The lowest BCUT2D eigenvalue weighted by Gasteiger charge is -2.23. The Bertz CT molecular complexity index is 460. The molecule has 0 aromatic carbocycles. The van der Waals surface area contributed by atoms with E-state index in [1.807, 2.05) is 11.8 Å². The fourth-order valence-electron chi connectivity index (χ4n) is 2.74. The molecule has 5 heteroatoms. The first kappa shape index (κ1) is 16.5. The highest BCUT2D eigenvalue weighted by Crippen LogP contribution is 2.34. The number of amides is 1. The lowest BCUT2D eigenvalue weighted by atomic mass is 9.99. The van der Waals surface area contributed by atoms with Crippen molar-refractivity contribution in [2.45, 2.75) is 44.8 Å². The molecule has 4 nitrogen and oxygen atoms in total. The standard InChI is InChI=1S/C16H27N3OS/c1-5-16(2)15(20)19(11-7-6-10-18(3)4)14(17-16)13-9-8-12-21-13/h8-9,12,14,17H,5-7,10-11H2,1-4H3. The molecule has 118 valence electrons. The highest BCUT2D eigenvalue weighted by atomic mass is 32.1. The Morgan fingerprint density at radius 3 is 2.76 bits per heavy atom. The molecule has 0 radical (unpaired) electrons. The molecule has 1 aromatic rings. The van der Waals surface area contributed by atoms with Gasteiger partial charge in [0.05, 0.1) is 5.54 Å². The van der Waals surface area contributed by atoms with E-state index in [0.29, 0.717) is 0 Å². The zero-order valence-corrected chi connectivity index (χ0v) is 14.4. The Hall–Kier alpha value is -0.910. The molecular formula is C16H27N3OS. The Morgan fingerprint density at radius 1 is 1.43 bits per heavy atom. The van der Waals surface area contributed by atoms with E-state index in [1.165, 1.54) is 4.88 Å². The molecule has 1 fully saturated rings. The summed E-state index contributed by atoms with van der Waals surface area (Å²) in [6.07, 6.45) is 3.04. The van der Waals surface area contributed by atoms with Gasteiger partial charge in [-0.25, -0.2) is 0 Å². The van der Waals surface area contributed by atoms with Crippen molar-refractivity contribution in [3.05, 3.63) is 22.4 Å². The maximum atomic E-state index is 12.7. The summed E-state index contributed by atoms with van der Waals surface area (Å²) < 4.78 is 0. The predicted molar refractivity (Wildman–Crippen MR) is 88.4 cm³/mol. The number of carbonyl (C=O) groups excluding carboxylic acids is 1. The molecule has 1 aliphatic heterocycles. The first-order chi connectivity index (χ1) is 9.98. The minimum absolute atomic E-state index is 0.0433. The van der Waals surface area contributed by atoms with Gasteiger partial charge in [0.2, 0.25) is 5.91 Å². The third-order valence-electron chi connectivity index (χ3n) is 4.27. The predicted octanol–water partition coefficient (Wildman–Crippen LogP) is 2.69. The van der Waals surface area contributed by atoms with Gasteiger partial charge < -0.3 is 9.80 Å². The molecule has 1 N–H and O–H groups in total. The maximum Gasteiger partial charge on any atom is 0.244 e. The molecule has 2 heterocycles. The van der Waals surface area contributed by atoms with Crippen LogP contribution in [0.15, 0.2) is 17.5 Å². The van der Waals surface area contributed by atoms with E-state index in [1.54, 1.807) is 11.3 Å². The van der Waals surface area contributed by atoms with Crippen LogP contribution in [0.25, 0.3) is 0 Å². The minimum atomic E-state index is -0.420. The summed E-state index contributed by atoms with van der Waals surface area (Å²) in [5.41, 5.74) is -0.420. The van der Waals surface area contributed by atoms with E-state index in [-0.39, 0.29) is 12.1 Å². The second kappa shape index (κ2) is 6.90. The van der Waals surface area contributed by atoms with Crippen LogP contribution in [-0.2, 0) is 4.79 Å². The van der Waals surface area contributed by atoms with Gasteiger partial charge in [0.1, 0.15) is 6.17 Å². The molecule has 0 spiro atoms. The van der Waals surface area contributed by atoms with Gasteiger partial charge >= 0.3 is 0 Å². The number of rotatable bonds is 7. The van der Waals surface area contributed by atoms with E-state index in [2.05, 4.69) is 48.7 Å². The summed E-state index contributed by atoms with van der Waals surface area (Å²) >= 11 is 1.72. The molecule has 1 aromatic heterocycles. The van der Waals surface area contributed by atoms with Gasteiger partial charge in [-0.2, -0.15) is 0 Å². The van der Waals surface area contributed by atoms with Gasteiger partial charge in [-0.15, -0.1) is 11.3 Å². The molecule has 2 unspecified atom stereocenters. The number of hydrogen-bond donors (Lipinski definition) is 1. The summed E-state index contributed by atoms with van der Waals surface area (Å²) in [5, 5.41) is 5.62. The summed E-state index contributed by atoms with van der Waals surface area (Å²) in [5.74, 6) is 0.244. The average Bonchev–Trinajstić information content (AvgIpc) is 3.05. The molecule has 0 aliphatic carbocycles. The van der Waals surface area contributed by atoms with Crippen LogP contribution < -0.4 is 5.32 Å². The molecule has 2 rings (SSSR count). The van der Waals surface area contributed by atoms with Crippen LogP contribution in [-0.4, -0.2) is 48.4 Å². The number of unbranched alkanes of at least 4 members (excludes halogenated alkanes) is 1. The number of nitrogens with one attached hydrogen (secondary N) is 1. The smallest absolute Gasteiger partial charge is 0.244 e. The molecule has 0 bridgehead atoms. The van der Waals surface area contributed by atoms with Crippen LogP contribution in [0.5, 0.6) is 0 Å². The molecule has 1 amide bonds. The second-order valence-corrected chi connectivity index (χ2v) is 7.24. The normalized spacial score (nSPS) is 26.0. The second-order valence-electron chi connectivity index (χ2n) is 6.26. The van der Waals surface area contributed by atoms with E-state index >= 15 is 0 Å². The summed E-state index contributed by atoms with van der Waals surface area (Å²) in [6, 6.07) is 4.17. The Kier molecular flexibility index (Phi) is 5.41. The van der Waals surface area contributed by atoms with Crippen LogP contribution >= 0.6 is 11.3 Å². The van der Waals surface area contributed by atoms with Gasteiger partial charge in [0.15, 0.2) is 0 Å². The third-order valence-corrected chi connectivity index (χ3v) is 5.20. The van der Waals surface area contributed by atoms with Gasteiger partial charge in [-0.1, -0.05) is 13.0 Å². The third kappa shape index (κ3) is 3.65. The van der Waals surface area contributed by atoms with Crippen LogP contribution in [0.4, 0.5) is 0 Å². The van der Waals surface area contributed by atoms with Gasteiger partial charge in [-0.3, -0.25) is 10.1 Å². The van der Waals surface area contributed by atoms with Gasteiger partial charge in [-0.05, 0) is 58.3 Å². The first-order valence-electron chi connectivity index (χ1n) is 7.75. The summed E-state index contributed by atoms with van der Waals surface area (Å²) in [7, 11) is 4.18. The Balaban J connectivity index is 2.05. The Labute approximate surface area is 132 Å². The topological polar surface area (TPSA) is 35.6 Å². The van der Waals surface area contributed by atoms with Gasteiger partial charge in [0.25, 0.3) is 0 Å². The lowest BCUT2D eigenvalue weighted by Crippen LogP contribution is -2.43. The number of nitrogens with zero attached hydrogens (tertiary/aromatic N) is 2. The van der Waals surface area contributed by atoms with Crippen molar-refractivity contribution in [3.63, 3.8) is 0 Å². The highest BCUT2D eigenvalue weighted by molar-refractivity contribution is 7.10.